The van der Waals surface area contributed by atoms with Gasteiger partial charge in [-0.1, -0.05) is 12.1 Å². The molecule has 94 valence electrons. The number of hydrogen-bond donors (Lipinski definition) is 0. The van der Waals surface area contributed by atoms with Crippen LogP contribution in [0.15, 0.2) is 18.2 Å². The van der Waals surface area contributed by atoms with Crippen molar-refractivity contribution in [2.75, 3.05) is 27.3 Å². The Bertz CT molecular complexity index is 380. The van der Waals surface area contributed by atoms with E-state index in [9.17, 15) is 4.39 Å². The molecule has 1 aromatic rings. The highest BCUT2D eigenvalue weighted by molar-refractivity contribution is 5.30. The highest BCUT2D eigenvalue weighted by Gasteiger charge is 2.21. The van der Waals surface area contributed by atoms with Gasteiger partial charge in [0.25, 0.3) is 0 Å². The average Bonchev–Trinajstić information content (AvgIpc) is 2.37. The van der Waals surface area contributed by atoms with Gasteiger partial charge >= 0.3 is 0 Å². The van der Waals surface area contributed by atoms with Gasteiger partial charge in [0.1, 0.15) is 5.82 Å². The van der Waals surface area contributed by atoms with Gasteiger partial charge in [-0.3, -0.25) is 4.90 Å². The van der Waals surface area contributed by atoms with E-state index < -0.39 is 0 Å². The number of ether oxygens (including phenoxy) is 2. The zero-order valence-electron chi connectivity index (χ0n) is 10.3. The van der Waals surface area contributed by atoms with Crippen LogP contribution in [0.4, 0.5) is 4.39 Å². The third-order valence-electron chi connectivity index (χ3n) is 3.23. The van der Waals surface area contributed by atoms with Gasteiger partial charge in [-0.25, -0.2) is 4.39 Å². The summed E-state index contributed by atoms with van der Waals surface area (Å²) in [5, 5.41) is 0. The molecular formula is C13H18FNO2. The predicted octanol–water partition coefficient (Wildman–Crippen LogP) is 1.80. The first-order valence-electron chi connectivity index (χ1n) is 5.78. The molecule has 0 N–H and O–H groups in total. The third kappa shape index (κ3) is 2.83. The van der Waals surface area contributed by atoms with Crippen LogP contribution in [0, 0.1) is 5.82 Å². The molecule has 0 unspecified atom stereocenters. The van der Waals surface area contributed by atoms with E-state index in [-0.39, 0.29) is 12.1 Å². The van der Waals surface area contributed by atoms with Gasteiger partial charge in [-0.2, -0.15) is 0 Å². The number of nitrogens with zero attached hydrogens (tertiary/aromatic N) is 1. The van der Waals surface area contributed by atoms with Crippen LogP contribution in [-0.4, -0.2) is 38.5 Å². The van der Waals surface area contributed by atoms with Crippen LogP contribution < -0.4 is 0 Å². The van der Waals surface area contributed by atoms with Crippen molar-refractivity contribution < 1.29 is 13.9 Å². The third-order valence-corrected chi connectivity index (χ3v) is 3.23. The largest absolute Gasteiger partial charge is 0.355 e. The topological polar surface area (TPSA) is 21.7 Å². The summed E-state index contributed by atoms with van der Waals surface area (Å²) in [6, 6.07) is 5.29. The van der Waals surface area contributed by atoms with Crippen LogP contribution in [0.3, 0.4) is 0 Å². The fourth-order valence-corrected chi connectivity index (χ4v) is 2.21. The Morgan fingerprint density at radius 2 is 2.12 bits per heavy atom. The molecule has 1 aromatic carbocycles. The molecule has 2 rings (SSSR count). The summed E-state index contributed by atoms with van der Waals surface area (Å²) in [6.45, 7) is 2.21. The van der Waals surface area contributed by atoms with Gasteiger partial charge in [0.15, 0.2) is 6.29 Å². The Labute approximate surface area is 101 Å². The highest BCUT2D eigenvalue weighted by Crippen LogP contribution is 2.21. The highest BCUT2D eigenvalue weighted by atomic mass is 19.1. The van der Waals surface area contributed by atoms with Crippen molar-refractivity contribution in [3.63, 3.8) is 0 Å². The first kappa shape index (κ1) is 12.5. The fraction of sp³-hybridized carbons (Fsp3) is 0.538. The molecule has 0 atom stereocenters. The van der Waals surface area contributed by atoms with E-state index in [1.807, 2.05) is 6.07 Å². The maximum atomic E-state index is 13.7. The van der Waals surface area contributed by atoms with Crippen LogP contribution in [-0.2, 0) is 22.4 Å². The van der Waals surface area contributed by atoms with Crippen molar-refractivity contribution in [2.45, 2.75) is 19.3 Å². The molecular weight excluding hydrogens is 221 g/mol. The van der Waals surface area contributed by atoms with Crippen LogP contribution in [0.1, 0.15) is 11.1 Å². The molecule has 0 bridgehead atoms. The molecule has 3 nitrogen and oxygen atoms in total. The number of rotatable bonds is 4. The minimum Gasteiger partial charge on any atom is -0.355 e. The number of hydrogen-bond acceptors (Lipinski definition) is 3. The van der Waals surface area contributed by atoms with Gasteiger partial charge in [0.05, 0.1) is 0 Å². The molecule has 1 heterocycles. The maximum Gasteiger partial charge on any atom is 0.169 e. The monoisotopic (exact) mass is 239 g/mol. The Hall–Kier alpha value is -0.970. The quantitative estimate of drug-likeness (QED) is 0.748. The van der Waals surface area contributed by atoms with E-state index in [0.29, 0.717) is 13.1 Å². The Morgan fingerprint density at radius 1 is 1.35 bits per heavy atom. The molecule has 17 heavy (non-hydrogen) atoms. The van der Waals surface area contributed by atoms with Crippen molar-refractivity contribution in [1.82, 2.24) is 4.90 Å². The number of halogens is 1. The van der Waals surface area contributed by atoms with E-state index in [0.717, 1.165) is 24.1 Å². The first-order chi connectivity index (χ1) is 8.24. The van der Waals surface area contributed by atoms with Gasteiger partial charge < -0.3 is 9.47 Å². The first-order valence-corrected chi connectivity index (χ1v) is 5.78. The summed E-state index contributed by atoms with van der Waals surface area (Å²) in [6.07, 6.45) is 0.635. The Balaban J connectivity index is 2.05. The zero-order chi connectivity index (χ0) is 12.3. The summed E-state index contributed by atoms with van der Waals surface area (Å²) in [7, 11) is 3.24. The standard InChI is InChI=1S/C13H18FNO2/c1-16-13(17-2)9-15-7-6-10-4-3-5-12(14)11(10)8-15/h3-5,13H,6-9H2,1-2H3. The minimum atomic E-state index is -0.247. The predicted molar refractivity (Wildman–Crippen MR) is 63.2 cm³/mol. The summed E-state index contributed by atoms with van der Waals surface area (Å²) >= 11 is 0. The van der Waals surface area contributed by atoms with E-state index in [1.165, 1.54) is 6.07 Å². The lowest BCUT2D eigenvalue weighted by atomic mass is 9.99. The van der Waals surface area contributed by atoms with Crippen molar-refractivity contribution in [1.29, 1.82) is 0 Å². The molecule has 1 aliphatic heterocycles. The van der Waals surface area contributed by atoms with E-state index in [1.54, 1.807) is 20.3 Å². The summed E-state index contributed by atoms with van der Waals surface area (Å²) < 4.78 is 24.0. The summed E-state index contributed by atoms with van der Waals surface area (Å²) in [5.74, 6) is -0.112. The van der Waals surface area contributed by atoms with E-state index >= 15 is 0 Å². The lowest BCUT2D eigenvalue weighted by molar-refractivity contribution is -0.117. The van der Waals surface area contributed by atoms with Gasteiger partial charge in [-0.05, 0) is 18.1 Å². The molecule has 4 heteroatoms. The molecule has 0 aliphatic carbocycles. The van der Waals surface area contributed by atoms with Gasteiger partial charge in [0.2, 0.25) is 0 Å². The van der Waals surface area contributed by atoms with Crippen LogP contribution in [0.2, 0.25) is 0 Å². The van der Waals surface area contributed by atoms with Gasteiger partial charge in [-0.15, -0.1) is 0 Å². The van der Waals surface area contributed by atoms with E-state index in [4.69, 9.17) is 9.47 Å². The maximum absolute atomic E-state index is 13.7. The second-order valence-corrected chi connectivity index (χ2v) is 4.26. The molecule has 0 aromatic heterocycles. The molecule has 0 saturated heterocycles. The number of fused-ring (bicyclic) bond motifs is 1. The van der Waals surface area contributed by atoms with Crippen molar-refractivity contribution in [2.24, 2.45) is 0 Å². The number of methoxy groups -OCH3 is 2. The van der Waals surface area contributed by atoms with Crippen LogP contribution in [0.25, 0.3) is 0 Å². The normalized spacial score (nSPS) is 16.2. The molecule has 0 amide bonds. The second-order valence-electron chi connectivity index (χ2n) is 4.26. The zero-order valence-corrected chi connectivity index (χ0v) is 10.3. The molecule has 0 saturated carbocycles. The summed E-state index contributed by atoms with van der Waals surface area (Å²) in [4.78, 5) is 2.16. The molecule has 0 fully saturated rings. The smallest absolute Gasteiger partial charge is 0.169 e. The van der Waals surface area contributed by atoms with Gasteiger partial charge in [0, 0.05) is 39.4 Å². The lowest BCUT2D eigenvalue weighted by Crippen LogP contribution is -2.38. The van der Waals surface area contributed by atoms with Crippen molar-refractivity contribution in [3.05, 3.63) is 35.1 Å². The lowest BCUT2D eigenvalue weighted by Gasteiger charge is -2.30. The SMILES string of the molecule is COC(CN1CCc2cccc(F)c2C1)OC. The molecule has 0 radical (unpaired) electrons. The van der Waals surface area contributed by atoms with E-state index in [2.05, 4.69) is 4.90 Å². The van der Waals surface area contributed by atoms with Crippen molar-refractivity contribution in [3.8, 4) is 0 Å². The molecule has 0 spiro atoms. The Kier molecular flexibility index (Phi) is 4.10. The summed E-state index contributed by atoms with van der Waals surface area (Å²) in [5.41, 5.74) is 1.93. The molecule has 1 aliphatic rings. The second kappa shape index (κ2) is 5.58. The number of benzene rings is 1. The van der Waals surface area contributed by atoms with Crippen molar-refractivity contribution >= 4 is 0 Å². The van der Waals surface area contributed by atoms with Crippen LogP contribution in [0.5, 0.6) is 0 Å². The average molecular weight is 239 g/mol. The van der Waals surface area contributed by atoms with Crippen LogP contribution >= 0.6 is 0 Å². The Morgan fingerprint density at radius 3 is 2.82 bits per heavy atom. The minimum absolute atomic E-state index is 0.112. The fourth-order valence-electron chi connectivity index (χ4n) is 2.21.